The molecule has 3 heterocycles. The highest BCUT2D eigenvalue weighted by Gasteiger charge is 2.28. The Kier molecular flexibility index (Phi) is 7.98. The molecule has 0 radical (unpaired) electrons. The highest BCUT2D eigenvalue weighted by Crippen LogP contribution is 2.30. The average Bonchev–Trinajstić information content (AvgIpc) is 3.65. The maximum absolute atomic E-state index is 11.7. The Morgan fingerprint density at radius 1 is 0.902 bits per heavy atom. The fraction of sp³-hybridized carbons (Fsp3) is 0.294. The first-order valence-corrected chi connectivity index (χ1v) is 14.5. The van der Waals surface area contributed by atoms with Crippen molar-refractivity contribution < 1.29 is 9.90 Å². The molecular weight excluding hydrogens is 510 g/mol. The van der Waals surface area contributed by atoms with Crippen molar-refractivity contribution in [2.45, 2.75) is 38.5 Å². The summed E-state index contributed by atoms with van der Waals surface area (Å²) in [4.78, 5) is 21.1. The summed E-state index contributed by atoms with van der Waals surface area (Å²) in [6, 6.07) is 27.8. The number of aromatic carboxylic acids is 1. The van der Waals surface area contributed by atoms with E-state index in [0.29, 0.717) is 18.2 Å². The van der Waals surface area contributed by atoms with E-state index in [-0.39, 0.29) is 6.04 Å². The zero-order chi connectivity index (χ0) is 28.2. The summed E-state index contributed by atoms with van der Waals surface area (Å²) in [5, 5.41) is 10.7. The van der Waals surface area contributed by atoms with Gasteiger partial charge in [0.2, 0.25) is 0 Å². The molecule has 6 rings (SSSR count). The molecule has 0 saturated carbocycles. The van der Waals surface area contributed by atoms with Crippen LogP contribution in [0.4, 0.5) is 0 Å². The SMILES string of the molecule is CC(CCn1cc(Cn2ccnc2)c2ccc(C(=O)O)cc21)N1CCN(C(c2ccccc2)c2ccccc2)CC1. The summed E-state index contributed by atoms with van der Waals surface area (Å²) >= 11 is 0. The Hall–Kier alpha value is -4.20. The molecular formula is C34H37N5O2. The van der Waals surface area contributed by atoms with Crippen LogP contribution in [0.15, 0.2) is 104 Å². The molecule has 1 atom stereocenters. The van der Waals surface area contributed by atoms with Crippen LogP contribution in [0.1, 0.15) is 46.4 Å². The zero-order valence-corrected chi connectivity index (χ0v) is 23.5. The summed E-state index contributed by atoms with van der Waals surface area (Å²) in [5.74, 6) is -0.897. The van der Waals surface area contributed by atoms with E-state index in [2.05, 4.69) is 93.1 Å². The fourth-order valence-corrected chi connectivity index (χ4v) is 6.22. The third-order valence-corrected chi connectivity index (χ3v) is 8.48. The van der Waals surface area contributed by atoms with Crippen LogP contribution in [0.3, 0.4) is 0 Å². The van der Waals surface area contributed by atoms with E-state index in [0.717, 1.165) is 50.0 Å². The molecule has 1 unspecified atom stereocenters. The van der Waals surface area contributed by atoms with Crippen molar-refractivity contribution in [3.63, 3.8) is 0 Å². The molecule has 7 heteroatoms. The van der Waals surface area contributed by atoms with Gasteiger partial charge in [0.25, 0.3) is 0 Å². The minimum Gasteiger partial charge on any atom is -0.478 e. The third-order valence-electron chi connectivity index (χ3n) is 8.48. The van der Waals surface area contributed by atoms with Gasteiger partial charge in [0.1, 0.15) is 0 Å². The van der Waals surface area contributed by atoms with E-state index in [1.165, 1.54) is 16.7 Å². The number of aryl methyl sites for hydroxylation is 1. The van der Waals surface area contributed by atoms with E-state index >= 15 is 0 Å². The molecule has 0 bridgehead atoms. The van der Waals surface area contributed by atoms with Gasteiger partial charge in [-0.1, -0.05) is 66.7 Å². The van der Waals surface area contributed by atoms with Crippen molar-refractivity contribution in [2.75, 3.05) is 26.2 Å². The third kappa shape index (κ3) is 5.97. The normalized spacial score (nSPS) is 15.5. The van der Waals surface area contributed by atoms with Crippen molar-refractivity contribution in [3.05, 3.63) is 126 Å². The topological polar surface area (TPSA) is 66.5 Å². The lowest BCUT2D eigenvalue weighted by atomic mass is 9.96. The first-order chi connectivity index (χ1) is 20.1. The van der Waals surface area contributed by atoms with E-state index in [9.17, 15) is 9.90 Å². The molecule has 41 heavy (non-hydrogen) atoms. The summed E-state index contributed by atoms with van der Waals surface area (Å²) in [5.41, 5.74) is 5.15. The molecule has 1 N–H and O–H groups in total. The van der Waals surface area contributed by atoms with Gasteiger partial charge in [-0.15, -0.1) is 0 Å². The van der Waals surface area contributed by atoms with Crippen molar-refractivity contribution >= 4 is 16.9 Å². The lowest BCUT2D eigenvalue weighted by Crippen LogP contribution is -2.50. The predicted octanol–water partition coefficient (Wildman–Crippen LogP) is 5.77. The highest BCUT2D eigenvalue weighted by atomic mass is 16.4. The van der Waals surface area contributed by atoms with Crippen LogP contribution in [0.5, 0.6) is 0 Å². The number of hydrogen-bond donors (Lipinski definition) is 1. The van der Waals surface area contributed by atoms with Crippen molar-refractivity contribution in [3.8, 4) is 0 Å². The first-order valence-electron chi connectivity index (χ1n) is 14.5. The summed E-state index contributed by atoms with van der Waals surface area (Å²) in [6.07, 6.45) is 8.73. The highest BCUT2D eigenvalue weighted by molar-refractivity contribution is 5.94. The smallest absolute Gasteiger partial charge is 0.335 e. The second-order valence-electron chi connectivity index (χ2n) is 11.1. The van der Waals surface area contributed by atoms with E-state index in [1.54, 1.807) is 12.3 Å². The van der Waals surface area contributed by atoms with E-state index in [4.69, 9.17) is 0 Å². The van der Waals surface area contributed by atoms with Gasteiger partial charge >= 0.3 is 5.97 Å². The zero-order valence-electron chi connectivity index (χ0n) is 23.5. The van der Waals surface area contributed by atoms with Gasteiger partial charge in [-0.3, -0.25) is 9.80 Å². The van der Waals surface area contributed by atoms with Crippen molar-refractivity contribution in [1.82, 2.24) is 23.9 Å². The number of aromatic nitrogens is 3. The summed E-state index contributed by atoms with van der Waals surface area (Å²) < 4.78 is 4.28. The van der Waals surface area contributed by atoms with Crippen LogP contribution >= 0.6 is 0 Å². The minimum atomic E-state index is -0.897. The molecule has 5 aromatic rings. The summed E-state index contributed by atoms with van der Waals surface area (Å²) in [6.45, 7) is 7.95. The van der Waals surface area contributed by atoms with Crippen LogP contribution in [0.25, 0.3) is 10.9 Å². The lowest BCUT2D eigenvalue weighted by molar-refractivity contribution is 0.0697. The molecule has 0 aliphatic carbocycles. The second-order valence-corrected chi connectivity index (χ2v) is 11.1. The van der Waals surface area contributed by atoms with Crippen LogP contribution in [0, 0.1) is 0 Å². The van der Waals surface area contributed by atoms with Gasteiger partial charge in [-0.2, -0.15) is 0 Å². The Morgan fingerprint density at radius 3 is 2.17 bits per heavy atom. The van der Waals surface area contributed by atoms with Gasteiger partial charge < -0.3 is 14.2 Å². The molecule has 3 aromatic carbocycles. The molecule has 0 spiro atoms. The first kappa shape index (κ1) is 27.0. The van der Waals surface area contributed by atoms with E-state index in [1.807, 2.05) is 29.2 Å². The number of carboxylic acids is 1. The number of piperazine rings is 1. The van der Waals surface area contributed by atoms with Gasteiger partial charge in [-0.05, 0) is 42.2 Å². The molecule has 0 amide bonds. The molecule has 1 aliphatic heterocycles. The Bertz CT molecular complexity index is 1530. The second kappa shape index (κ2) is 12.1. The molecule has 1 aliphatic rings. The Morgan fingerprint density at radius 2 is 1.56 bits per heavy atom. The Balaban J connectivity index is 1.14. The average molecular weight is 548 g/mol. The molecule has 2 aromatic heterocycles. The minimum absolute atomic E-state index is 0.262. The quantitative estimate of drug-likeness (QED) is 0.241. The van der Waals surface area contributed by atoms with Crippen molar-refractivity contribution in [1.29, 1.82) is 0 Å². The van der Waals surface area contributed by atoms with Gasteiger partial charge in [0, 0.05) is 68.3 Å². The van der Waals surface area contributed by atoms with Gasteiger partial charge in [0.05, 0.1) is 24.5 Å². The fourth-order valence-electron chi connectivity index (χ4n) is 6.22. The standard InChI is InChI=1S/C34H37N5O2/c1-26(37-18-20-38(21-19-37)33(27-8-4-2-5-9-27)28-10-6-3-7-11-28)14-16-39-24-30(23-36-17-15-35-25-36)31-13-12-29(34(40)41)22-32(31)39/h2-13,15,17,22,24-26,33H,14,16,18-21,23H2,1H3,(H,40,41). The van der Waals surface area contributed by atoms with Gasteiger partial charge in [-0.25, -0.2) is 9.78 Å². The number of rotatable bonds is 10. The molecule has 210 valence electrons. The summed E-state index contributed by atoms with van der Waals surface area (Å²) in [7, 11) is 0. The van der Waals surface area contributed by atoms with Crippen LogP contribution in [-0.4, -0.2) is 67.2 Å². The number of nitrogens with zero attached hydrogens (tertiary/aromatic N) is 5. The molecule has 7 nitrogen and oxygen atoms in total. The molecule has 1 saturated heterocycles. The van der Waals surface area contributed by atoms with E-state index < -0.39 is 5.97 Å². The Labute approximate surface area is 241 Å². The molecule has 1 fully saturated rings. The maximum atomic E-state index is 11.7. The number of benzene rings is 3. The van der Waals surface area contributed by atoms with Crippen LogP contribution in [-0.2, 0) is 13.1 Å². The number of fused-ring (bicyclic) bond motifs is 1. The predicted molar refractivity (Wildman–Crippen MR) is 162 cm³/mol. The number of hydrogen-bond acceptors (Lipinski definition) is 4. The van der Waals surface area contributed by atoms with Crippen LogP contribution in [0.2, 0.25) is 0 Å². The monoisotopic (exact) mass is 547 g/mol. The number of carboxylic acid groups (broad SMARTS) is 1. The van der Waals surface area contributed by atoms with Crippen molar-refractivity contribution in [2.24, 2.45) is 0 Å². The number of carbonyl (C=O) groups is 1. The maximum Gasteiger partial charge on any atom is 0.335 e. The number of imidazole rings is 1. The van der Waals surface area contributed by atoms with Crippen LogP contribution < -0.4 is 0 Å². The largest absolute Gasteiger partial charge is 0.478 e. The van der Waals surface area contributed by atoms with Gasteiger partial charge in [0.15, 0.2) is 0 Å². The lowest BCUT2D eigenvalue weighted by Gasteiger charge is -2.42.